The van der Waals surface area contributed by atoms with Crippen LogP contribution in [0.25, 0.3) is 0 Å². The van der Waals surface area contributed by atoms with Crippen molar-refractivity contribution in [3.05, 3.63) is 35.9 Å². The summed E-state index contributed by atoms with van der Waals surface area (Å²) in [5.41, 5.74) is 0.959. The molecular formula is C16H21NO4. The lowest BCUT2D eigenvalue weighted by Gasteiger charge is -2.56. The van der Waals surface area contributed by atoms with E-state index in [4.69, 9.17) is 9.47 Å². The Morgan fingerprint density at radius 1 is 1.48 bits per heavy atom. The molecule has 2 N–H and O–H groups in total. The van der Waals surface area contributed by atoms with E-state index in [0.717, 1.165) is 5.56 Å². The van der Waals surface area contributed by atoms with Crippen molar-refractivity contribution >= 4 is 6.09 Å². The van der Waals surface area contributed by atoms with E-state index in [1.165, 1.54) is 0 Å². The zero-order valence-electron chi connectivity index (χ0n) is 12.1. The summed E-state index contributed by atoms with van der Waals surface area (Å²) in [6.07, 6.45) is 0.187. The highest BCUT2D eigenvalue weighted by Crippen LogP contribution is 2.46. The number of amides is 1. The van der Waals surface area contributed by atoms with Gasteiger partial charge in [-0.1, -0.05) is 30.3 Å². The predicted molar refractivity (Wildman–Crippen MR) is 76.6 cm³/mol. The van der Waals surface area contributed by atoms with E-state index < -0.39 is 6.09 Å². The Morgan fingerprint density at radius 3 is 2.86 bits per heavy atom. The summed E-state index contributed by atoms with van der Waals surface area (Å²) in [7, 11) is 0. The average molecular weight is 291 g/mol. The van der Waals surface area contributed by atoms with Crippen molar-refractivity contribution < 1.29 is 19.4 Å². The molecule has 21 heavy (non-hydrogen) atoms. The van der Waals surface area contributed by atoms with E-state index in [-0.39, 0.29) is 30.8 Å². The highest BCUT2D eigenvalue weighted by Gasteiger charge is 2.56. The molecule has 5 nitrogen and oxygen atoms in total. The minimum Gasteiger partial charge on any atom is -0.445 e. The number of rotatable bonds is 5. The third-order valence-corrected chi connectivity index (χ3v) is 4.41. The lowest BCUT2D eigenvalue weighted by Crippen LogP contribution is -2.66. The van der Waals surface area contributed by atoms with Crippen LogP contribution in [0.1, 0.15) is 18.9 Å². The summed E-state index contributed by atoms with van der Waals surface area (Å²) in [5.74, 6) is 0.445. The topological polar surface area (TPSA) is 67.8 Å². The van der Waals surface area contributed by atoms with Gasteiger partial charge >= 0.3 is 6.09 Å². The Kier molecular flexibility index (Phi) is 4.12. The van der Waals surface area contributed by atoms with Crippen molar-refractivity contribution in [2.45, 2.75) is 38.2 Å². The van der Waals surface area contributed by atoms with Crippen LogP contribution in [-0.4, -0.2) is 36.1 Å². The number of nitrogens with one attached hydrogen (secondary N) is 1. The van der Waals surface area contributed by atoms with E-state index >= 15 is 0 Å². The summed E-state index contributed by atoms with van der Waals surface area (Å²) >= 11 is 0. The van der Waals surface area contributed by atoms with E-state index in [1.807, 2.05) is 37.3 Å². The van der Waals surface area contributed by atoms with Crippen molar-refractivity contribution in [1.82, 2.24) is 5.32 Å². The van der Waals surface area contributed by atoms with Gasteiger partial charge in [0.15, 0.2) is 0 Å². The largest absolute Gasteiger partial charge is 0.445 e. The minimum absolute atomic E-state index is 0.0435. The highest BCUT2D eigenvalue weighted by molar-refractivity contribution is 5.67. The van der Waals surface area contributed by atoms with Crippen molar-refractivity contribution in [3.63, 3.8) is 0 Å². The molecule has 2 aliphatic rings. The summed E-state index contributed by atoms with van der Waals surface area (Å²) in [5, 5.41) is 12.7. The lowest BCUT2D eigenvalue weighted by atomic mass is 9.64. The molecule has 1 amide bonds. The first-order valence-corrected chi connectivity index (χ1v) is 7.42. The Balaban J connectivity index is 1.38. The monoisotopic (exact) mass is 291 g/mol. The number of ether oxygens (including phenoxy) is 2. The SMILES string of the molecule is CC(CC1C(O)C2COC21)NC(=O)OCc1ccccc1. The van der Waals surface area contributed by atoms with Crippen LogP contribution in [0.5, 0.6) is 0 Å². The lowest BCUT2D eigenvalue weighted by molar-refractivity contribution is -0.278. The van der Waals surface area contributed by atoms with Gasteiger partial charge in [-0.25, -0.2) is 4.79 Å². The molecule has 0 aromatic heterocycles. The van der Waals surface area contributed by atoms with Crippen LogP contribution < -0.4 is 5.32 Å². The van der Waals surface area contributed by atoms with E-state index in [0.29, 0.717) is 18.9 Å². The Morgan fingerprint density at radius 2 is 2.24 bits per heavy atom. The number of aliphatic hydroxyl groups excluding tert-OH is 1. The molecule has 114 valence electrons. The van der Waals surface area contributed by atoms with Crippen LogP contribution in [-0.2, 0) is 16.1 Å². The molecule has 1 aliphatic heterocycles. The van der Waals surface area contributed by atoms with Crippen LogP contribution in [0.4, 0.5) is 4.79 Å². The van der Waals surface area contributed by atoms with Gasteiger partial charge in [0.25, 0.3) is 0 Å². The second kappa shape index (κ2) is 6.03. The maximum absolute atomic E-state index is 11.7. The van der Waals surface area contributed by atoms with E-state index in [2.05, 4.69) is 5.32 Å². The van der Waals surface area contributed by atoms with Crippen molar-refractivity contribution in [2.24, 2.45) is 11.8 Å². The van der Waals surface area contributed by atoms with Crippen molar-refractivity contribution in [2.75, 3.05) is 6.61 Å². The molecule has 5 unspecified atom stereocenters. The van der Waals surface area contributed by atoms with Gasteiger partial charge in [0, 0.05) is 17.9 Å². The third-order valence-electron chi connectivity index (χ3n) is 4.41. The summed E-state index contributed by atoms with van der Waals surface area (Å²) in [6.45, 7) is 2.85. The molecule has 2 fully saturated rings. The van der Waals surface area contributed by atoms with Gasteiger partial charge in [-0.2, -0.15) is 0 Å². The molecule has 1 aromatic carbocycles. The third kappa shape index (κ3) is 3.04. The van der Waals surface area contributed by atoms with Gasteiger partial charge in [-0.3, -0.25) is 0 Å². The van der Waals surface area contributed by atoms with Gasteiger partial charge < -0.3 is 19.9 Å². The maximum Gasteiger partial charge on any atom is 0.407 e. The fraction of sp³-hybridized carbons (Fsp3) is 0.562. The van der Waals surface area contributed by atoms with Crippen LogP contribution in [0.2, 0.25) is 0 Å². The zero-order chi connectivity index (χ0) is 14.8. The smallest absolute Gasteiger partial charge is 0.407 e. The van der Waals surface area contributed by atoms with E-state index in [1.54, 1.807) is 0 Å². The first-order chi connectivity index (χ1) is 10.1. The summed E-state index contributed by atoms with van der Waals surface area (Å²) < 4.78 is 10.6. The number of fused-ring (bicyclic) bond motifs is 1. The molecule has 5 heteroatoms. The second-order valence-corrected chi connectivity index (χ2v) is 5.96. The molecule has 0 radical (unpaired) electrons. The number of carbonyl (C=O) groups is 1. The first-order valence-electron chi connectivity index (χ1n) is 7.42. The molecule has 1 aromatic rings. The summed E-state index contributed by atoms with van der Waals surface area (Å²) in [6, 6.07) is 9.52. The first kappa shape index (κ1) is 14.4. The second-order valence-electron chi connectivity index (χ2n) is 5.96. The van der Waals surface area contributed by atoms with Gasteiger partial charge in [-0.15, -0.1) is 0 Å². The fourth-order valence-electron chi connectivity index (χ4n) is 3.13. The van der Waals surface area contributed by atoms with Gasteiger partial charge in [-0.05, 0) is 18.9 Å². The molecule has 1 aliphatic carbocycles. The summed E-state index contributed by atoms with van der Waals surface area (Å²) in [4.78, 5) is 11.7. The van der Waals surface area contributed by atoms with Gasteiger partial charge in [0.05, 0.1) is 18.8 Å². The molecule has 1 heterocycles. The van der Waals surface area contributed by atoms with Gasteiger partial charge in [0.1, 0.15) is 6.61 Å². The van der Waals surface area contributed by atoms with Crippen molar-refractivity contribution in [1.29, 1.82) is 0 Å². The minimum atomic E-state index is -0.425. The quantitative estimate of drug-likeness (QED) is 0.866. The predicted octanol–water partition coefficient (Wildman–Crippen LogP) is 1.70. The van der Waals surface area contributed by atoms with Crippen LogP contribution in [0, 0.1) is 11.8 Å². The number of hydrogen-bond acceptors (Lipinski definition) is 4. The number of alkyl carbamates (subject to hydrolysis) is 1. The van der Waals surface area contributed by atoms with Crippen molar-refractivity contribution in [3.8, 4) is 0 Å². The molecule has 5 atom stereocenters. The zero-order valence-corrected chi connectivity index (χ0v) is 12.1. The number of hydrogen-bond donors (Lipinski definition) is 2. The van der Waals surface area contributed by atoms with Crippen LogP contribution in [0.15, 0.2) is 30.3 Å². The molecule has 3 rings (SSSR count). The number of aliphatic hydroxyl groups is 1. The molecule has 1 saturated carbocycles. The van der Waals surface area contributed by atoms with Crippen LogP contribution in [0.3, 0.4) is 0 Å². The van der Waals surface area contributed by atoms with Gasteiger partial charge in [0.2, 0.25) is 0 Å². The maximum atomic E-state index is 11.7. The Bertz CT molecular complexity index is 486. The molecule has 0 spiro atoms. The Hall–Kier alpha value is -1.59. The molecular weight excluding hydrogens is 270 g/mol. The highest BCUT2D eigenvalue weighted by atomic mass is 16.5. The van der Waals surface area contributed by atoms with Crippen LogP contribution >= 0.6 is 0 Å². The molecule has 0 bridgehead atoms. The number of benzene rings is 1. The standard InChI is InChI=1S/C16H21NO4/c1-10(7-12-14(18)13-9-20-15(12)13)17-16(19)21-8-11-5-3-2-4-6-11/h2-6,10,12-15,18H,7-9H2,1H3,(H,17,19). The Labute approximate surface area is 124 Å². The molecule has 1 saturated heterocycles. The normalized spacial score (nSPS) is 31.3. The van der Waals surface area contributed by atoms with E-state index in [9.17, 15) is 9.90 Å². The average Bonchev–Trinajstić information content (AvgIpc) is 2.44. The number of carbonyl (C=O) groups excluding carboxylic acids is 1. The fourth-order valence-corrected chi connectivity index (χ4v) is 3.13.